The van der Waals surface area contributed by atoms with E-state index in [1.807, 2.05) is 20.8 Å². The van der Waals surface area contributed by atoms with E-state index < -0.39 is 5.60 Å². The van der Waals surface area contributed by atoms with E-state index >= 15 is 0 Å². The Kier molecular flexibility index (Phi) is 6.58. The minimum Gasteiger partial charge on any atom is -0.460 e. The molecule has 1 unspecified atom stereocenters. The van der Waals surface area contributed by atoms with Crippen LogP contribution in [0.15, 0.2) is 0 Å². The van der Waals surface area contributed by atoms with Crippen LogP contribution in [0.3, 0.4) is 0 Å². The number of carbonyl (C=O) groups is 2. The number of Topliss-reactive ketones (excluding diaryl/α,β-unsaturated/α-hetero) is 1. The fourth-order valence-electron chi connectivity index (χ4n) is 2.37. The van der Waals surface area contributed by atoms with Crippen LogP contribution in [0.4, 0.5) is 0 Å². The zero-order chi connectivity index (χ0) is 14.4. The van der Waals surface area contributed by atoms with Crippen LogP contribution in [0, 0.1) is 5.41 Å². The van der Waals surface area contributed by atoms with Crippen molar-refractivity contribution in [3.05, 3.63) is 0 Å². The van der Waals surface area contributed by atoms with Crippen LogP contribution in [-0.4, -0.2) is 17.4 Å². The molecule has 106 valence electrons. The van der Waals surface area contributed by atoms with Crippen LogP contribution in [-0.2, 0) is 14.3 Å². The van der Waals surface area contributed by atoms with Gasteiger partial charge in [0.25, 0.3) is 0 Å². The Morgan fingerprint density at radius 2 is 1.56 bits per heavy atom. The summed E-state index contributed by atoms with van der Waals surface area (Å²) in [6.07, 6.45) is 4.50. The normalized spacial score (nSPS) is 15.0. The molecule has 0 radical (unpaired) electrons. The first-order chi connectivity index (χ1) is 8.13. The van der Waals surface area contributed by atoms with E-state index in [-0.39, 0.29) is 17.2 Å². The summed E-state index contributed by atoms with van der Waals surface area (Å²) in [4.78, 5) is 22.7. The summed E-state index contributed by atoms with van der Waals surface area (Å²) in [5.74, 6) is 0.0116. The molecule has 1 atom stereocenters. The number of carbonyl (C=O) groups excluding carboxylic acids is 2. The Labute approximate surface area is 111 Å². The van der Waals surface area contributed by atoms with Crippen molar-refractivity contribution in [3.8, 4) is 0 Å². The van der Waals surface area contributed by atoms with Crippen LogP contribution in [0.1, 0.15) is 73.6 Å². The van der Waals surface area contributed by atoms with E-state index in [2.05, 4.69) is 6.92 Å². The van der Waals surface area contributed by atoms with Gasteiger partial charge in [0, 0.05) is 12.3 Å². The minimum absolute atomic E-state index is 0.221. The van der Waals surface area contributed by atoms with Crippen molar-refractivity contribution in [2.24, 2.45) is 5.41 Å². The lowest BCUT2D eigenvalue weighted by Gasteiger charge is -2.29. The summed E-state index contributed by atoms with van der Waals surface area (Å²) in [7, 11) is 0. The quantitative estimate of drug-likeness (QED) is 0.619. The topological polar surface area (TPSA) is 43.4 Å². The summed E-state index contributed by atoms with van der Waals surface area (Å²) < 4.78 is 5.25. The van der Waals surface area contributed by atoms with Crippen molar-refractivity contribution in [1.82, 2.24) is 0 Å². The van der Waals surface area contributed by atoms with E-state index in [0.29, 0.717) is 0 Å². The van der Waals surface area contributed by atoms with Crippen LogP contribution in [0.2, 0.25) is 0 Å². The van der Waals surface area contributed by atoms with E-state index in [1.165, 1.54) is 6.92 Å². The smallest absolute Gasteiger partial charge is 0.303 e. The van der Waals surface area contributed by atoms with Gasteiger partial charge in [0.2, 0.25) is 0 Å². The average Bonchev–Trinajstić information content (AvgIpc) is 2.14. The summed E-state index contributed by atoms with van der Waals surface area (Å²) >= 11 is 0. The molecule has 0 aromatic heterocycles. The Balaban J connectivity index is 4.30. The first kappa shape index (κ1) is 17.1. The molecule has 0 amide bonds. The zero-order valence-corrected chi connectivity index (χ0v) is 12.8. The Hall–Kier alpha value is -0.860. The standard InChI is InChI=1S/C15H28O3/c1-7-9-15(6,12(2)16)11-8-10-14(4,5)18-13(3)17/h7-11H2,1-6H3. The van der Waals surface area contributed by atoms with Crippen LogP contribution < -0.4 is 0 Å². The first-order valence-electron chi connectivity index (χ1n) is 6.83. The molecular weight excluding hydrogens is 228 g/mol. The van der Waals surface area contributed by atoms with Crippen molar-refractivity contribution in [2.45, 2.75) is 79.2 Å². The van der Waals surface area contributed by atoms with Gasteiger partial charge in [0.05, 0.1) is 0 Å². The lowest BCUT2D eigenvalue weighted by Crippen LogP contribution is -2.29. The lowest BCUT2D eigenvalue weighted by atomic mass is 9.77. The third-order valence-electron chi connectivity index (χ3n) is 3.58. The molecule has 0 aromatic carbocycles. The number of hydrogen-bond donors (Lipinski definition) is 0. The molecule has 0 heterocycles. The van der Waals surface area contributed by atoms with Gasteiger partial charge in [-0.15, -0.1) is 0 Å². The van der Waals surface area contributed by atoms with Gasteiger partial charge in [0.1, 0.15) is 11.4 Å². The van der Waals surface area contributed by atoms with Gasteiger partial charge in [-0.1, -0.05) is 20.3 Å². The predicted octanol–water partition coefficient (Wildman–Crippen LogP) is 3.89. The largest absolute Gasteiger partial charge is 0.460 e. The van der Waals surface area contributed by atoms with Gasteiger partial charge in [0.15, 0.2) is 0 Å². The van der Waals surface area contributed by atoms with Gasteiger partial charge >= 0.3 is 5.97 Å². The summed E-state index contributed by atoms with van der Waals surface area (Å²) in [6.45, 7) is 11.1. The maximum atomic E-state index is 11.7. The van der Waals surface area contributed by atoms with Crippen LogP contribution >= 0.6 is 0 Å². The molecule has 0 aromatic rings. The predicted molar refractivity (Wildman–Crippen MR) is 73.4 cm³/mol. The molecule has 0 aliphatic rings. The van der Waals surface area contributed by atoms with Gasteiger partial charge in [-0.3, -0.25) is 9.59 Å². The molecule has 0 N–H and O–H groups in total. The van der Waals surface area contributed by atoms with E-state index in [4.69, 9.17) is 4.74 Å². The SMILES string of the molecule is CCCC(C)(CCCC(C)(C)OC(C)=O)C(C)=O. The summed E-state index contributed by atoms with van der Waals surface area (Å²) in [6, 6.07) is 0. The van der Waals surface area contributed by atoms with Gasteiger partial charge in [-0.2, -0.15) is 0 Å². The molecule has 18 heavy (non-hydrogen) atoms. The fraction of sp³-hybridized carbons (Fsp3) is 0.867. The van der Waals surface area contributed by atoms with Crippen molar-refractivity contribution in [3.63, 3.8) is 0 Å². The van der Waals surface area contributed by atoms with E-state index in [9.17, 15) is 9.59 Å². The third kappa shape index (κ3) is 6.18. The second-order valence-electron chi connectivity index (χ2n) is 6.07. The Morgan fingerprint density at radius 1 is 1.00 bits per heavy atom. The molecule has 0 saturated carbocycles. The molecule has 0 rings (SSSR count). The molecule has 0 bridgehead atoms. The Morgan fingerprint density at radius 3 is 1.94 bits per heavy atom. The highest BCUT2D eigenvalue weighted by molar-refractivity contribution is 5.81. The van der Waals surface area contributed by atoms with Crippen molar-refractivity contribution < 1.29 is 14.3 Å². The summed E-state index contributed by atoms with van der Waals surface area (Å²) in [5.41, 5.74) is -0.656. The molecular formula is C15H28O3. The first-order valence-corrected chi connectivity index (χ1v) is 6.83. The zero-order valence-electron chi connectivity index (χ0n) is 12.8. The maximum absolute atomic E-state index is 11.7. The second-order valence-corrected chi connectivity index (χ2v) is 6.07. The van der Waals surface area contributed by atoms with Gasteiger partial charge in [-0.05, 0) is 46.5 Å². The number of rotatable bonds is 8. The number of hydrogen-bond acceptors (Lipinski definition) is 3. The average molecular weight is 256 g/mol. The number of ketones is 1. The monoisotopic (exact) mass is 256 g/mol. The molecule has 0 saturated heterocycles. The summed E-state index contributed by atoms with van der Waals surface area (Å²) in [5, 5.41) is 0. The van der Waals surface area contributed by atoms with Gasteiger partial charge < -0.3 is 4.74 Å². The molecule has 0 spiro atoms. The molecule has 0 fully saturated rings. The highest BCUT2D eigenvalue weighted by Crippen LogP contribution is 2.32. The lowest BCUT2D eigenvalue weighted by molar-refractivity contribution is -0.154. The second kappa shape index (κ2) is 6.91. The molecule has 0 aliphatic heterocycles. The third-order valence-corrected chi connectivity index (χ3v) is 3.58. The van der Waals surface area contributed by atoms with Crippen molar-refractivity contribution >= 4 is 11.8 Å². The van der Waals surface area contributed by atoms with Crippen molar-refractivity contribution in [1.29, 1.82) is 0 Å². The molecule has 3 heteroatoms. The van der Waals surface area contributed by atoms with E-state index in [0.717, 1.165) is 32.1 Å². The van der Waals surface area contributed by atoms with Crippen LogP contribution in [0.25, 0.3) is 0 Å². The number of esters is 1. The Bertz CT molecular complexity index is 294. The molecule has 0 aliphatic carbocycles. The maximum Gasteiger partial charge on any atom is 0.303 e. The fourth-order valence-corrected chi connectivity index (χ4v) is 2.37. The van der Waals surface area contributed by atoms with Crippen molar-refractivity contribution in [2.75, 3.05) is 0 Å². The highest BCUT2D eigenvalue weighted by atomic mass is 16.6. The van der Waals surface area contributed by atoms with Crippen LogP contribution in [0.5, 0.6) is 0 Å². The molecule has 3 nitrogen and oxygen atoms in total. The van der Waals surface area contributed by atoms with Gasteiger partial charge in [-0.25, -0.2) is 0 Å². The van der Waals surface area contributed by atoms with E-state index in [1.54, 1.807) is 6.92 Å². The minimum atomic E-state index is -0.435. The highest BCUT2D eigenvalue weighted by Gasteiger charge is 2.30. The number of ether oxygens (including phenoxy) is 1.